The summed E-state index contributed by atoms with van der Waals surface area (Å²) in [5.41, 5.74) is 1.07. The van der Waals surface area contributed by atoms with E-state index in [2.05, 4.69) is 34.6 Å². The van der Waals surface area contributed by atoms with Crippen LogP contribution in [0.2, 0.25) is 0 Å². The standard InChI is InChI=1S/C19H26N4O2/c1-23-12-11-20-13-16(23)18-21-19(25-22-18)17(14-7-3-2-4-8-14)24-15-9-5-6-10-15/h2-4,7-8,15-17,20H,5-6,9-13H2,1H3. The molecule has 1 aliphatic heterocycles. The first-order chi connectivity index (χ1) is 12.3. The summed E-state index contributed by atoms with van der Waals surface area (Å²) in [7, 11) is 2.10. The van der Waals surface area contributed by atoms with Gasteiger partial charge in [0.05, 0.1) is 12.1 Å². The van der Waals surface area contributed by atoms with Crippen molar-refractivity contribution in [3.8, 4) is 0 Å². The van der Waals surface area contributed by atoms with Gasteiger partial charge in [-0.05, 0) is 25.5 Å². The Bertz CT molecular complexity index is 669. The molecule has 25 heavy (non-hydrogen) atoms. The average molecular weight is 342 g/mol. The first-order valence-corrected chi connectivity index (χ1v) is 9.26. The first-order valence-electron chi connectivity index (χ1n) is 9.26. The third-order valence-electron chi connectivity index (χ3n) is 5.22. The lowest BCUT2D eigenvalue weighted by Crippen LogP contribution is -2.44. The van der Waals surface area contributed by atoms with Gasteiger partial charge in [-0.2, -0.15) is 4.98 Å². The molecule has 2 aliphatic rings. The van der Waals surface area contributed by atoms with Gasteiger partial charge in [-0.1, -0.05) is 48.3 Å². The lowest BCUT2D eigenvalue weighted by Gasteiger charge is -2.30. The molecule has 0 spiro atoms. The van der Waals surface area contributed by atoms with Crippen LogP contribution in [0.15, 0.2) is 34.9 Å². The maximum absolute atomic E-state index is 6.39. The van der Waals surface area contributed by atoms with E-state index in [1.54, 1.807) is 0 Å². The molecular formula is C19H26N4O2. The molecule has 6 nitrogen and oxygen atoms in total. The number of nitrogens with one attached hydrogen (secondary N) is 1. The highest BCUT2D eigenvalue weighted by molar-refractivity contribution is 5.22. The average Bonchev–Trinajstić information content (AvgIpc) is 3.33. The van der Waals surface area contributed by atoms with E-state index < -0.39 is 0 Å². The fourth-order valence-electron chi connectivity index (χ4n) is 3.71. The maximum atomic E-state index is 6.39. The van der Waals surface area contributed by atoms with Crippen LogP contribution in [-0.4, -0.2) is 47.8 Å². The van der Waals surface area contributed by atoms with E-state index in [1.807, 2.05) is 18.2 Å². The van der Waals surface area contributed by atoms with E-state index in [4.69, 9.17) is 14.2 Å². The van der Waals surface area contributed by atoms with Crippen molar-refractivity contribution in [2.24, 2.45) is 0 Å². The third kappa shape index (κ3) is 3.76. The molecule has 134 valence electrons. The number of aromatic nitrogens is 2. The van der Waals surface area contributed by atoms with E-state index >= 15 is 0 Å². The second-order valence-electron chi connectivity index (χ2n) is 7.02. The van der Waals surface area contributed by atoms with Crippen LogP contribution in [-0.2, 0) is 4.74 Å². The van der Waals surface area contributed by atoms with E-state index in [0.717, 1.165) is 43.9 Å². The molecule has 2 heterocycles. The van der Waals surface area contributed by atoms with Gasteiger partial charge in [-0.3, -0.25) is 4.90 Å². The number of piperazine rings is 1. The van der Waals surface area contributed by atoms with Gasteiger partial charge in [0.2, 0.25) is 0 Å². The Kier molecular flexibility index (Phi) is 5.10. The number of likely N-dealkylation sites (N-methyl/N-ethyl adjacent to an activating group) is 1. The van der Waals surface area contributed by atoms with Gasteiger partial charge in [0.15, 0.2) is 11.9 Å². The Balaban J connectivity index is 1.58. The van der Waals surface area contributed by atoms with E-state index in [1.165, 1.54) is 12.8 Å². The number of nitrogens with zero attached hydrogens (tertiary/aromatic N) is 3. The highest BCUT2D eigenvalue weighted by Gasteiger charge is 2.30. The van der Waals surface area contributed by atoms with Crippen LogP contribution in [0.25, 0.3) is 0 Å². The van der Waals surface area contributed by atoms with Gasteiger partial charge in [-0.15, -0.1) is 0 Å². The van der Waals surface area contributed by atoms with Crippen LogP contribution >= 0.6 is 0 Å². The summed E-state index contributed by atoms with van der Waals surface area (Å²) in [4.78, 5) is 6.98. The Labute approximate surface area is 148 Å². The van der Waals surface area contributed by atoms with E-state index in [9.17, 15) is 0 Å². The van der Waals surface area contributed by atoms with Crippen molar-refractivity contribution < 1.29 is 9.26 Å². The Morgan fingerprint density at radius 3 is 2.80 bits per heavy atom. The van der Waals surface area contributed by atoms with Crippen LogP contribution in [0, 0.1) is 0 Å². The number of benzene rings is 1. The molecule has 4 rings (SSSR count). The summed E-state index contributed by atoms with van der Waals surface area (Å²) in [5, 5.41) is 7.66. The zero-order chi connectivity index (χ0) is 17.1. The fourth-order valence-corrected chi connectivity index (χ4v) is 3.71. The zero-order valence-corrected chi connectivity index (χ0v) is 14.7. The second kappa shape index (κ2) is 7.64. The highest BCUT2D eigenvalue weighted by Crippen LogP contribution is 2.32. The third-order valence-corrected chi connectivity index (χ3v) is 5.22. The van der Waals surface area contributed by atoms with Gasteiger partial charge in [0, 0.05) is 19.6 Å². The van der Waals surface area contributed by atoms with Crippen molar-refractivity contribution in [3.05, 3.63) is 47.6 Å². The molecular weight excluding hydrogens is 316 g/mol. The molecule has 2 atom stereocenters. The summed E-state index contributed by atoms with van der Waals surface area (Å²) < 4.78 is 12.0. The minimum atomic E-state index is -0.285. The molecule has 0 amide bonds. The number of rotatable bonds is 5. The van der Waals surface area contributed by atoms with Crippen molar-refractivity contribution in [3.63, 3.8) is 0 Å². The highest BCUT2D eigenvalue weighted by atomic mass is 16.5. The SMILES string of the molecule is CN1CCNCC1c1noc(C(OC2CCCC2)c2ccccc2)n1. The van der Waals surface area contributed by atoms with Crippen molar-refractivity contribution in [2.75, 3.05) is 26.7 Å². The molecule has 1 aromatic carbocycles. The molecule has 2 unspecified atom stereocenters. The molecule has 1 saturated heterocycles. The molecule has 1 aliphatic carbocycles. The summed E-state index contributed by atoms with van der Waals surface area (Å²) >= 11 is 0. The maximum Gasteiger partial charge on any atom is 0.260 e. The predicted octanol–water partition coefficient (Wildman–Crippen LogP) is 2.69. The van der Waals surface area contributed by atoms with Crippen LogP contribution in [0.4, 0.5) is 0 Å². The quantitative estimate of drug-likeness (QED) is 0.901. The predicted molar refractivity (Wildman–Crippen MR) is 94.2 cm³/mol. The minimum Gasteiger partial charge on any atom is -0.360 e. The fraction of sp³-hybridized carbons (Fsp3) is 0.579. The van der Waals surface area contributed by atoms with Crippen molar-refractivity contribution >= 4 is 0 Å². The molecule has 1 N–H and O–H groups in total. The van der Waals surface area contributed by atoms with Gasteiger partial charge < -0.3 is 14.6 Å². The molecule has 0 bridgehead atoms. The summed E-state index contributed by atoms with van der Waals surface area (Å²) in [6, 6.07) is 10.3. The molecule has 6 heteroatoms. The molecule has 1 saturated carbocycles. The smallest absolute Gasteiger partial charge is 0.260 e. The van der Waals surface area contributed by atoms with Gasteiger partial charge in [0.1, 0.15) is 0 Å². The lowest BCUT2D eigenvalue weighted by molar-refractivity contribution is -0.00315. The van der Waals surface area contributed by atoms with Crippen LogP contribution in [0.5, 0.6) is 0 Å². The van der Waals surface area contributed by atoms with Crippen molar-refractivity contribution in [1.82, 2.24) is 20.4 Å². The first kappa shape index (κ1) is 16.7. The summed E-state index contributed by atoms with van der Waals surface area (Å²) in [5.74, 6) is 1.30. The summed E-state index contributed by atoms with van der Waals surface area (Å²) in [6.07, 6.45) is 4.69. The lowest BCUT2D eigenvalue weighted by atomic mass is 10.1. The Hall–Kier alpha value is -1.76. The largest absolute Gasteiger partial charge is 0.360 e. The van der Waals surface area contributed by atoms with Gasteiger partial charge >= 0.3 is 0 Å². The Morgan fingerprint density at radius 1 is 1.24 bits per heavy atom. The van der Waals surface area contributed by atoms with Crippen LogP contribution in [0.1, 0.15) is 55.1 Å². The monoisotopic (exact) mass is 342 g/mol. The van der Waals surface area contributed by atoms with E-state index in [-0.39, 0.29) is 18.2 Å². The van der Waals surface area contributed by atoms with Gasteiger partial charge in [-0.25, -0.2) is 0 Å². The van der Waals surface area contributed by atoms with Crippen molar-refractivity contribution in [2.45, 2.75) is 43.9 Å². The molecule has 1 aromatic heterocycles. The van der Waals surface area contributed by atoms with Crippen LogP contribution in [0.3, 0.4) is 0 Å². The topological polar surface area (TPSA) is 63.4 Å². The minimum absolute atomic E-state index is 0.147. The molecule has 2 fully saturated rings. The Morgan fingerprint density at radius 2 is 2.04 bits per heavy atom. The number of ether oxygens (including phenoxy) is 1. The zero-order valence-electron chi connectivity index (χ0n) is 14.7. The van der Waals surface area contributed by atoms with Crippen molar-refractivity contribution in [1.29, 1.82) is 0 Å². The molecule has 0 radical (unpaired) electrons. The summed E-state index contributed by atoms with van der Waals surface area (Å²) in [6.45, 7) is 2.82. The van der Waals surface area contributed by atoms with Gasteiger partial charge in [0.25, 0.3) is 5.89 Å². The second-order valence-corrected chi connectivity index (χ2v) is 7.02. The van der Waals surface area contributed by atoms with Crippen LogP contribution < -0.4 is 5.32 Å². The normalized spacial score (nSPS) is 23.8. The number of hydrogen-bond donors (Lipinski definition) is 1. The number of hydrogen-bond acceptors (Lipinski definition) is 6. The molecule has 2 aromatic rings. The van der Waals surface area contributed by atoms with E-state index in [0.29, 0.717) is 5.89 Å².